The molecule has 0 aliphatic heterocycles. The molecule has 1 fully saturated rings. The predicted molar refractivity (Wildman–Crippen MR) is 109 cm³/mol. The van der Waals surface area contributed by atoms with Gasteiger partial charge in [0, 0.05) is 5.56 Å². The van der Waals surface area contributed by atoms with Crippen LogP contribution in [-0.4, -0.2) is 23.9 Å². The monoisotopic (exact) mass is 369 g/mol. The van der Waals surface area contributed by atoms with Gasteiger partial charge in [-0.25, -0.2) is 0 Å². The molecule has 2 aliphatic rings. The average molecular weight is 370 g/mol. The second-order valence-corrected chi connectivity index (χ2v) is 8.86. The number of hydrogen-bond donors (Lipinski definition) is 1. The molecule has 0 amide bonds. The topological polar surface area (TPSA) is 58.9 Å². The number of fused-ring (bicyclic) bond motifs is 3. The molecule has 0 saturated heterocycles. The minimum Gasteiger partial charge on any atom is -0.481 e. The molecule has 27 heavy (non-hydrogen) atoms. The standard InChI is InChI=1S/C23H31NO3/c1-7-15-11-18-17(12-16(15)14(2)3)19(24-27-6)13-20-22(18,4)9-8-10-23(20,5)21(25)26/h7,11-12,14,20H,1,8-10,13H2,2-6H3,(H,25,26)/t20?,22-,23-/m1/s1. The van der Waals surface area contributed by atoms with Gasteiger partial charge in [-0.3, -0.25) is 4.79 Å². The van der Waals surface area contributed by atoms with Gasteiger partial charge in [0.25, 0.3) is 0 Å². The van der Waals surface area contributed by atoms with Crippen LogP contribution in [0, 0.1) is 11.3 Å². The van der Waals surface area contributed by atoms with Crippen molar-refractivity contribution in [3.63, 3.8) is 0 Å². The van der Waals surface area contributed by atoms with Gasteiger partial charge < -0.3 is 9.94 Å². The number of carboxylic acid groups (broad SMARTS) is 1. The Kier molecular flexibility index (Phi) is 4.96. The van der Waals surface area contributed by atoms with Crippen LogP contribution >= 0.6 is 0 Å². The minimum absolute atomic E-state index is 0.0137. The van der Waals surface area contributed by atoms with E-state index in [1.165, 1.54) is 11.1 Å². The van der Waals surface area contributed by atoms with E-state index in [2.05, 4.69) is 44.6 Å². The maximum atomic E-state index is 12.2. The summed E-state index contributed by atoms with van der Waals surface area (Å²) in [5, 5.41) is 14.4. The molecule has 4 heteroatoms. The van der Waals surface area contributed by atoms with Crippen LogP contribution in [0.4, 0.5) is 0 Å². The number of benzene rings is 1. The number of carbonyl (C=O) groups is 1. The van der Waals surface area contributed by atoms with Crippen molar-refractivity contribution in [2.45, 2.75) is 64.7 Å². The number of oxime groups is 1. The van der Waals surface area contributed by atoms with Crippen molar-refractivity contribution in [2.24, 2.45) is 16.5 Å². The van der Waals surface area contributed by atoms with E-state index in [9.17, 15) is 9.90 Å². The van der Waals surface area contributed by atoms with Gasteiger partial charge in [0.05, 0.1) is 11.1 Å². The second-order valence-electron chi connectivity index (χ2n) is 8.86. The first kappa shape index (κ1) is 19.7. The quantitative estimate of drug-likeness (QED) is 0.727. The lowest BCUT2D eigenvalue weighted by Gasteiger charge is -2.53. The number of nitrogens with zero attached hydrogens (tertiary/aromatic N) is 1. The van der Waals surface area contributed by atoms with E-state index in [1.807, 2.05) is 13.0 Å². The average Bonchev–Trinajstić information content (AvgIpc) is 2.62. The maximum absolute atomic E-state index is 12.2. The third-order valence-electron chi connectivity index (χ3n) is 7.01. The molecule has 2 aliphatic carbocycles. The van der Waals surface area contributed by atoms with Crippen molar-refractivity contribution in [1.82, 2.24) is 0 Å². The predicted octanol–water partition coefficient (Wildman–Crippen LogP) is 5.36. The van der Waals surface area contributed by atoms with E-state index in [0.717, 1.165) is 29.7 Å². The van der Waals surface area contributed by atoms with Crippen LogP contribution in [0.3, 0.4) is 0 Å². The summed E-state index contributed by atoms with van der Waals surface area (Å²) in [4.78, 5) is 17.4. The summed E-state index contributed by atoms with van der Waals surface area (Å²) in [6.45, 7) is 12.5. The lowest BCUT2D eigenvalue weighted by Crippen LogP contribution is -2.53. The highest BCUT2D eigenvalue weighted by Crippen LogP contribution is 2.57. The highest BCUT2D eigenvalue weighted by Gasteiger charge is 2.56. The van der Waals surface area contributed by atoms with Crippen LogP contribution in [-0.2, 0) is 15.0 Å². The van der Waals surface area contributed by atoms with Crippen LogP contribution in [0.2, 0.25) is 0 Å². The summed E-state index contributed by atoms with van der Waals surface area (Å²) >= 11 is 0. The Bertz CT molecular complexity index is 810. The van der Waals surface area contributed by atoms with Gasteiger partial charge in [0.15, 0.2) is 0 Å². The van der Waals surface area contributed by atoms with E-state index in [4.69, 9.17) is 4.84 Å². The first-order chi connectivity index (χ1) is 12.7. The van der Waals surface area contributed by atoms with E-state index in [-0.39, 0.29) is 11.3 Å². The van der Waals surface area contributed by atoms with E-state index < -0.39 is 11.4 Å². The first-order valence-corrected chi connectivity index (χ1v) is 9.83. The van der Waals surface area contributed by atoms with Crippen molar-refractivity contribution < 1.29 is 14.7 Å². The third kappa shape index (κ3) is 2.90. The highest BCUT2D eigenvalue weighted by atomic mass is 16.6. The van der Waals surface area contributed by atoms with Crippen molar-refractivity contribution in [3.05, 3.63) is 41.0 Å². The van der Waals surface area contributed by atoms with E-state index in [1.54, 1.807) is 7.11 Å². The summed E-state index contributed by atoms with van der Waals surface area (Å²) in [5.41, 5.74) is 4.59. The Morgan fingerprint density at radius 3 is 2.63 bits per heavy atom. The van der Waals surface area contributed by atoms with Crippen molar-refractivity contribution >= 4 is 17.8 Å². The molecule has 1 saturated carbocycles. The Morgan fingerprint density at radius 2 is 2.07 bits per heavy atom. The molecule has 0 bridgehead atoms. The molecule has 3 rings (SSSR count). The zero-order valence-electron chi connectivity index (χ0n) is 17.1. The molecular formula is C23H31NO3. The van der Waals surface area contributed by atoms with Gasteiger partial charge in [0.1, 0.15) is 7.11 Å². The number of carboxylic acids is 1. The highest BCUT2D eigenvalue weighted by molar-refractivity contribution is 6.04. The molecule has 146 valence electrons. The van der Waals surface area contributed by atoms with Gasteiger partial charge in [0.2, 0.25) is 0 Å². The normalized spacial score (nSPS) is 31.3. The van der Waals surface area contributed by atoms with Crippen LogP contribution in [0.5, 0.6) is 0 Å². The smallest absolute Gasteiger partial charge is 0.309 e. The second kappa shape index (κ2) is 6.81. The number of rotatable bonds is 4. The van der Waals surface area contributed by atoms with Gasteiger partial charge in [-0.1, -0.05) is 51.1 Å². The number of aliphatic carboxylic acids is 1. The molecular weight excluding hydrogens is 338 g/mol. The molecule has 1 unspecified atom stereocenters. The summed E-state index contributed by atoms with van der Waals surface area (Å²) in [7, 11) is 1.55. The molecule has 0 radical (unpaired) electrons. The Hall–Kier alpha value is -2.10. The van der Waals surface area contributed by atoms with Crippen molar-refractivity contribution in [2.75, 3.05) is 7.11 Å². The zero-order chi connectivity index (χ0) is 20.0. The van der Waals surface area contributed by atoms with Gasteiger partial charge in [-0.2, -0.15) is 0 Å². The molecule has 3 atom stereocenters. The van der Waals surface area contributed by atoms with Gasteiger partial charge >= 0.3 is 5.97 Å². The minimum atomic E-state index is -0.760. The summed E-state index contributed by atoms with van der Waals surface area (Å²) in [6, 6.07) is 4.45. The van der Waals surface area contributed by atoms with Crippen LogP contribution in [0.25, 0.3) is 6.08 Å². The fourth-order valence-corrected chi connectivity index (χ4v) is 5.42. The maximum Gasteiger partial charge on any atom is 0.309 e. The Morgan fingerprint density at radius 1 is 1.37 bits per heavy atom. The first-order valence-electron chi connectivity index (χ1n) is 9.83. The fourth-order valence-electron chi connectivity index (χ4n) is 5.42. The van der Waals surface area contributed by atoms with Crippen molar-refractivity contribution in [3.8, 4) is 0 Å². The Balaban J connectivity index is 2.30. The molecule has 4 nitrogen and oxygen atoms in total. The van der Waals surface area contributed by atoms with Gasteiger partial charge in [-0.15, -0.1) is 0 Å². The largest absolute Gasteiger partial charge is 0.481 e. The SMILES string of the molecule is C=Cc1cc2c(cc1C(C)C)C(=NOC)CC1[C@](C)(C(=O)O)CCC[C@]21C. The van der Waals surface area contributed by atoms with E-state index in [0.29, 0.717) is 18.8 Å². The van der Waals surface area contributed by atoms with Crippen LogP contribution in [0.1, 0.15) is 81.5 Å². The third-order valence-corrected chi connectivity index (χ3v) is 7.01. The molecule has 1 N–H and O–H groups in total. The summed E-state index contributed by atoms with van der Waals surface area (Å²) < 4.78 is 0. The number of hydrogen-bond acceptors (Lipinski definition) is 3. The molecule has 0 aromatic heterocycles. The Labute approximate surface area is 162 Å². The molecule has 0 spiro atoms. The molecule has 1 aromatic carbocycles. The van der Waals surface area contributed by atoms with Crippen LogP contribution in [0.15, 0.2) is 23.9 Å². The van der Waals surface area contributed by atoms with E-state index >= 15 is 0 Å². The van der Waals surface area contributed by atoms with Crippen LogP contribution < -0.4 is 0 Å². The molecule has 1 aromatic rings. The lowest BCUT2D eigenvalue weighted by atomic mass is 9.49. The zero-order valence-corrected chi connectivity index (χ0v) is 17.1. The van der Waals surface area contributed by atoms with Gasteiger partial charge in [-0.05, 0) is 66.2 Å². The summed E-state index contributed by atoms with van der Waals surface area (Å²) in [6.07, 6.45) is 5.16. The molecule has 0 heterocycles. The fraction of sp³-hybridized carbons (Fsp3) is 0.565. The summed E-state index contributed by atoms with van der Waals surface area (Å²) in [5.74, 6) is -0.352. The lowest BCUT2D eigenvalue weighted by molar-refractivity contribution is -0.156. The van der Waals surface area contributed by atoms with Crippen molar-refractivity contribution in [1.29, 1.82) is 0 Å².